The number of aromatic nitrogens is 2. The second kappa shape index (κ2) is 17.4. The predicted molar refractivity (Wildman–Crippen MR) is 163 cm³/mol. The van der Waals surface area contributed by atoms with E-state index in [1.54, 1.807) is 19.2 Å². The van der Waals surface area contributed by atoms with E-state index in [1.807, 2.05) is 75.3 Å². The number of H-pyrrole nitrogens is 1. The first kappa shape index (κ1) is 34.9. The van der Waals surface area contributed by atoms with Crippen LogP contribution in [-0.2, 0) is 11.2 Å². The van der Waals surface area contributed by atoms with Crippen LogP contribution >= 0.6 is 0 Å². The molecule has 7 heteroatoms. The van der Waals surface area contributed by atoms with Crippen LogP contribution in [0.2, 0.25) is 0 Å². The lowest BCUT2D eigenvalue weighted by atomic mass is 9.83. The van der Waals surface area contributed by atoms with Gasteiger partial charge in [0.2, 0.25) is 0 Å². The number of halogens is 1. The van der Waals surface area contributed by atoms with Crippen molar-refractivity contribution in [2.24, 2.45) is 4.99 Å². The molecule has 1 aliphatic rings. The summed E-state index contributed by atoms with van der Waals surface area (Å²) in [6, 6.07) is 4.95. The van der Waals surface area contributed by atoms with Crippen molar-refractivity contribution in [2.75, 3.05) is 6.44 Å². The summed E-state index contributed by atoms with van der Waals surface area (Å²) in [4.78, 5) is 36.7. The van der Waals surface area contributed by atoms with E-state index in [0.29, 0.717) is 40.9 Å². The summed E-state index contributed by atoms with van der Waals surface area (Å²) in [7, 11) is 5.55. The second-order valence-electron chi connectivity index (χ2n) is 7.75. The number of hydrogen-bond acceptors (Lipinski definition) is 4. The molecule has 4 rings (SSSR count). The molecule has 2 heterocycles. The number of aliphatic imine (C=N–C) groups is 1. The van der Waals surface area contributed by atoms with Gasteiger partial charge in [-0.25, -0.2) is 9.37 Å². The van der Waals surface area contributed by atoms with E-state index in [0.717, 1.165) is 22.1 Å². The number of nitrogens with one attached hydrogen (secondary N) is 1. The van der Waals surface area contributed by atoms with Gasteiger partial charge < -0.3 is 9.98 Å². The number of hydrogen-bond donors (Lipinski definition) is 1. The van der Waals surface area contributed by atoms with Crippen molar-refractivity contribution in [1.82, 2.24) is 9.97 Å². The number of carbonyl (C=O) groups excluding carboxylic acids is 1. The van der Waals surface area contributed by atoms with E-state index < -0.39 is 0 Å². The van der Waals surface area contributed by atoms with Crippen molar-refractivity contribution in [3.63, 3.8) is 0 Å². The van der Waals surface area contributed by atoms with Gasteiger partial charge in [0.25, 0.3) is 5.56 Å². The number of benzene rings is 1. The Hall–Kier alpha value is -3.09. The van der Waals surface area contributed by atoms with Gasteiger partial charge in [-0.1, -0.05) is 62.3 Å². The molecule has 0 aliphatic heterocycles. The summed E-state index contributed by atoms with van der Waals surface area (Å²) >= 11 is 0. The zero-order valence-electron chi connectivity index (χ0n) is 25.2. The fourth-order valence-electron chi connectivity index (χ4n) is 4.10. The van der Waals surface area contributed by atoms with Gasteiger partial charge in [0.1, 0.15) is 11.6 Å². The topological polar surface area (TPSA) is 75.2 Å². The first-order chi connectivity index (χ1) is 18.3. The normalized spacial score (nSPS) is 13.6. The lowest BCUT2D eigenvalue weighted by molar-refractivity contribution is -0.120. The molecular formula is C31H45BFN3O2. The molecule has 5 nitrogen and oxygen atoms in total. The second-order valence-corrected chi connectivity index (χ2v) is 7.75. The van der Waals surface area contributed by atoms with Crippen LogP contribution < -0.4 is 5.56 Å². The number of carbonyl (C=O) groups is 1. The molecule has 206 valence electrons. The number of rotatable bonds is 3. The molecule has 0 amide bonds. The number of aromatic amines is 1. The van der Waals surface area contributed by atoms with Gasteiger partial charge in [0, 0.05) is 41.1 Å². The third-order valence-corrected chi connectivity index (χ3v) is 5.88. The average Bonchev–Trinajstić information content (AvgIpc) is 2.95. The van der Waals surface area contributed by atoms with Crippen LogP contribution in [0.25, 0.3) is 22.3 Å². The minimum Gasteiger partial charge on any atom is -0.320 e. The molecule has 1 aliphatic carbocycles. The highest BCUT2D eigenvalue weighted by Crippen LogP contribution is 2.33. The number of aryl methyl sites for hydroxylation is 1. The standard InChI is InChI=1S/C23H21BFN3O2.4C2H6/c1-11-6-16-17(9-26-10-24)13(3)22(27-19(16)8-18(11)25)20-7-15-12(2)21(29)5-4-14(15)23(30)28-20;4*1-2/h6-9,12H,4-5,10H2,1-3H3,(H,28,30);4*1-2H3/b26-9+;;;;. The Balaban J connectivity index is 0.00000157. The van der Waals surface area contributed by atoms with E-state index in [-0.39, 0.29) is 29.5 Å². The van der Waals surface area contributed by atoms with Crippen LogP contribution in [0.3, 0.4) is 0 Å². The number of Topliss-reactive ketones (excluding diaryl/α,β-unsaturated/α-hetero) is 1. The Morgan fingerprint density at radius 2 is 1.63 bits per heavy atom. The zero-order chi connectivity index (χ0) is 29.6. The summed E-state index contributed by atoms with van der Waals surface area (Å²) in [6.45, 7) is 21.4. The van der Waals surface area contributed by atoms with Crippen molar-refractivity contribution < 1.29 is 9.18 Å². The van der Waals surface area contributed by atoms with E-state index in [2.05, 4.69) is 15.0 Å². The molecule has 0 bridgehead atoms. The Kier molecular flexibility index (Phi) is 16.0. The molecule has 2 aromatic heterocycles. The summed E-state index contributed by atoms with van der Waals surface area (Å²) in [5, 5.41) is 0.760. The maximum atomic E-state index is 14.3. The first-order valence-electron chi connectivity index (χ1n) is 13.9. The molecule has 1 atom stereocenters. The summed E-state index contributed by atoms with van der Waals surface area (Å²) < 4.78 is 14.3. The molecule has 0 saturated heterocycles. The molecule has 38 heavy (non-hydrogen) atoms. The zero-order valence-corrected chi connectivity index (χ0v) is 25.2. The van der Waals surface area contributed by atoms with Gasteiger partial charge in [0.15, 0.2) is 0 Å². The number of pyridine rings is 2. The van der Waals surface area contributed by atoms with Gasteiger partial charge in [-0.2, -0.15) is 0 Å². The fraction of sp³-hybridized carbons (Fsp3) is 0.484. The Bertz CT molecular complexity index is 1280. The van der Waals surface area contributed by atoms with E-state index >= 15 is 0 Å². The molecule has 1 unspecified atom stereocenters. The summed E-state index contributed by atoms with van der Waals surface area (Å²) in [5.41, 5.74) is 4.72. The molecule has 0 fully saturated rings. The molecule has 2 radical (unpaired) electrons. The van der Waals surface area contributed by atoms with Crippen molar-refractivity contribution in [3.05, 3.63) is 62.2 Å². The Morgan fingerprint density at radius 1 is 1.03 bits per heavy atom. The smallest absolute Gasteiger partial charge is 0.251 e. The van der Waals surface area contributed by atoms with Crippen LogP contribution in [0.1, 0.15) is 102 Å². The highest BCUT2D eigenvalue weighted by atomic mass is 19.1. The van der Waals surface area contributed by atoms with Crippen molar-refractivity contribution in [3.8, 4) is 11.4 Å². The summed E-state index contributed by atoms with van der Waals surface area (Å²) in [5.74, 6) is -0.575. The molecule has 0 saturated carbocycles. The minimum atomic E-state index is -0.357. The molecular weight excluding hydrogens is 476 g/mol. The maximum Gasteiger partial charge on any atom is 0.251 e. The van der Waals surface area contributed by atoms with Gasteiger partial charge in [-0.3, -0.25) is 9.59 Å². The van der Waals surface area contributed by atoms with E-state index in [9.17, 15) is 14.0 Å². The largest absolute Gasteiger partial charge is 0.320 e. The summed E-state index contributed by atoms with van der Waals surface area (Å²) in [6.07, 6.45) is 2.59. The number of nitrogens with zero attached hydrogens (tertiary/aromatic N) is 2. The van der Waals surface area contributed by atoms with Gasteiger partial charge in [0.05, 0.1) is 24.8 Å². The van der Waals surface area contributed by atoms with Gasteiger partial charge >= 0.3 is 0 Å². The number of ketones is 1. The molecule has 0 spiro atoms. The third kappa shape index (κ3) is 7.72. The highest BCUT2D eigenvalue weighted by Gasteiger charge is 2.27. The van der Waals surface area contributed by atoms with Crippen LogP contribution in [0.5, 0.6) is 0 Å². The van der Waals surface area contributed by atoms with Crippen molar-refractivity contribution >= 4 is 30.7 Å². The molecule has 1 aromatic carbocycles. The Labute approximate surface area is 229 Å². The lowest BCUT2D eigenvalue weighted by Gasteiger charge is -2.21. The maximum absolute atomic E-state index is 14.3. The van der Waals surface area contributed by atoms with E-state index in [4.69, 9.17) is 7.85 Å². The van der Waals surface area contributed by atoms with Crippen LogP contribution in [0.4, 0.5) is 4.39 Å². The van der Waals surface area contributed by atoms with Crippen LogP contribution in [0, 0.1) is 19.7 Å². The van der Waals surface area contributed by atoms with Gasteiger partial charge in [-0.15, -0.1) is 0 Å². The average molecular weight is 522 g/mol. The van der Waals surface area contributed by atoms with Crippen molar-refractivity contribution in [2.45, 2.75) is 94.9 Å². The fourth-order valence-corrected chi connectivity index (χ4v) is 4.10. The quantitative estimate of drug-likeness (QED) is 0.285. The highest BCUT2D eigenvalue weighted by molar-refractivity contribution is 6.10. The van der Waals surface area contributed by atoms with E-state index in [1.165, 1.54) is 6.07 Å². The monoisotopic (exact) mass is 521 g/mol. The van der Waals surface area contributed by atoms with Crippen molar-refractivity contribution in [1.29, 1.82) is 0 Å². The molecule has 1 N–H and O–H groups in total. The van der Waals surface area contributed by atoms with Crippen LogP contribution in [0.15, 0.2) is 28.0 Å². The predicted octanol–water partition coefficient (Wildman–Crippen LogP) is 7.61. The lowest BCUT2D eigenvalue weighted by Crippen LogP contribution is -2.26. The van der Waals surface area contributed by atoms with Gasteiger partial charge in [-0.05, 0) is 55.5 Å². The molecule has 3 aromatic rings. The minimum absolute atomic E-state index is 0.119. The Morgan fingerprint density at radius 3 is 2.21 bits per heavy atom. The third-order valence-electron chi connectivity index (χ3n) is 5.88. The first-order valence-corrected chi connectivity index (χ1v) is 13.9. The van der Waals surface area contributed by atoms with Crippen LogP contribution in [-0.4, -0.2) is 36.3 Å². The SMILES string of the molecule is CC.CC.CC.CC.[B]C/N=C/c1c(C)c(-c2cc3c(c(=O)[nH]2)CCC(=O)C3C)nc2cc(F)c(C)cc12. The number of fused-ring (bicyclic) bond motifs is 2.